The summed E-state index contributed by atoms with van der Waals surface area (Å²) in [6.45, 7) is 0. The summed E-state index contributed by atoms with van der Waals surface area (Å²) < 4.78 is 15.5. The number of fused-ring (bicyclic) bond motifs is 9. The number of thiophene rings is 1. The molecule has 0 radical (unpaired) electrons. The average Bonchev–Trinajstić information content (AvgIpc) is 3.89. The lowest BCUT2D eigenvalue weighted by Crippen LogP contribution is -2.00. The highest BCUT2D eigenvalue weighted by Crippen LogP contribution is 2.42. The third kappa shape index (κ3) is 4.37. The Morgan fingerprint density at radius 2 is 0.980 bits per heavy atom. The summed E-state index contributed by atoms with van der Waals surface area (Å²) >= 11 is 1.77. The first-order valence-electron chi connectivity index (χ1n) is 16.9. The predicted molar refractivity (Wildman–Crippen MR) is 209 cm³/mol. The lowest BCUT2D eigenvalue weighted by molar-refractivity contribution is 0.668. The summed E-state index contributed by atoms with van der Waals surface area (Å²) in [5.41, 5.74) is 8.01. The standard InChI is InChI=1S/C45H25N3O2S/c1-2-11-26(12-3-1)43-46-44(48-45(47-43)36-20-10-18-34-31-14-5-7-22-39(31)51-42(34)36)35-19-9-17-33-32-16-8-15-28(40(32)50-41(33)35)27-23-24-30-29-13-4-6-21-37(29)49-38(30)25-27/h1-25H. The normalized spacial score (nSPS) is 11.9. The first-order chi connectivity index (χ1) is 25.3. The minimum atomic E-state index is 0.562. The van der Waals surface area contributed by atoms with Crippen LogP contribution < -0.4 is 0 Å². The zero-order valence-electron chi connectivity index (χ0n) is 27.0. The van der Waals surface area contributed by atoms with Crippen LogP contribution in [0, 0.1) is 0 Å². The quantitative estimate of drug-likeness (QED) is 0.186. The van der Waals surface area contributed by atoms with Crippen LogP contribution in [-0.4, -0.2) is 15.0 Å². The largest absolute Gasteiger partial charge is 0.456 e. The molecule has 0 saturated carbocycles. The third-order valence-electron chi connectivity index (χ3n) is 9.77. The Balaban J connectivity index is 1.13. The second-order valence-corrected chi connectivity index (χ2v) is 13.8. The maximum absolute atomic E-state index is 6.87. The van der Waals surface area contributed by atoms with Crippen molar-refractivity contribution in [3.63, 3.8) is 0 Å². The molecule has 0 atom stereocenters. The van der Waals surface area contributed by atoms with E-state index < -0.39 is 0 Å². The SMILES string of the molecule is c1ccc(-c2nc(-c3cccc4c3oc3c(-c5ccc6c(c5)oc5ccccc56)cccc34)nc(-c3cccc4c3sc3ccccc34)n2)cc1. The summed E-state index contributed by atoms with van der Waals surface area (Å²) in [6.07, 6.45) is 0. The Hall–Kier alpha value is -6.63. The summed E-state index contributed by atoms with van der Waals surface area (Å²) in [5.74, 6) is 1.80. The molecular weight excluding hydrogens is 647 g/mol. The van der Waals surface area contributed by atoms with Gasteiger partial charge >= 0.3 is 0 Å². The van der Waals surface area contributed by atoms with Crippen LogP contribution >= 0.6 is 11.3 Å². The third-order valence-corrected chi connectivity index (χ3v) is 11.0. The van der Waals surface area contributed by atoms with Gasteiger partial charge in [-0.15, -0.1) is 11.3 Å². The molecule has 0 unspecified atom stereocenters. The van der Waals surface area contributed by atoms with E-state index in [0.29, 0.717) is 17.5 Å². The van der Waals surface area contributed by atoms with Crippen molar-refractivity contribution in [2.75, 3.05) is 0 Å². The fraction of sp³-hybridized carbons (Fsp3) is 0. The van der Waals surface area contributed by atoms with E-state index in [1.807, 2.05) is 54.6 Å². The van der Waals surface area contributed by atoms with Crippen LogP contribution in [0.1, 0.15) is 0 Å². The molecule has 4 heterocycles. The average molecular weight is 672 g/mol. The van der Waals surface area contributed by atoms with Crippen LogP contribution in [0.4, 0.5) is 0 Å². The molecule has 0 N–H and O–H groups in total. The zero-order valence-corrected chi connectivity index (χ0v) is 27.8. The van der Waals surface area contributed by atoms with Gasteiger partial charge in [0.05, 0.1) is 5.56 Å². The van der Waals surface area contributed by atoms with E-state index >= 15 is 0 Å². The van der Waals surface area contributed by atoms with Crippen LogP contribution in [0.3, 0.4) is 0 Å². The molecule has 0 aliphatic rings. The van der Waals surface area contributed by atoms with Gasteiger partial charge in [-0.3, -0.25) is 0 Å². The van der Waals surface area contributed by atoms with Gasteiger partial charge in [-0.1, -0.05) is 115 Å². The van der Waals surface area contributed by atoms with Crippen molar-refractivity contribution in [2.24, 2.45) is 0 Å². The summed E-state index contributed by atoms with van der Waals surface area (Å²) in [5, 5.41) is 6.68. The fourth-order valence-corrected chi connectivity index (χ4v) is 8.59. The van der Waals surface area contributed by atoms with Gasteiger partial charge in [-0.25, -0.2) is 15.0 Å². The second kappa shape index (κ2) is 10.9. The molecule has 4 aromatic heterocycles. The number of nitrogens with zero attached hydrogens (tertiary/aromatic N) is 3. The molecule has 0 aliphatic carbocycles. The second-order valence-electron chi connectivity index (χ2n) is 12.7. The molecule has 0 aliphatic heterocycles. The molecule has 5 nitrogen and oxygen atoms in total. The van der Waals surface area contributed by atoms with Gasteiger partial charge in [0.2, 0.25) is 0 Å². The first-order valence-corrected chi connectivity index (χ1v) is 17.7. The smallest absolute Gasteiger partial charge is 0.167 e. The van der Waals surface area contributed by atoms with Crippen molar-refractivity contribution >= 4 is 75.4 Å². The number of rotatable bonds is 4. The molecule has 6 heteroatoms. The summed E-state index contributed by atoms with van der Waals surface area (Å²) in [7, 11) is 0. The fourth-order valence-electron chi connectivity index (χ4n) is 7.37. The van der Waals surface area contributed by atoms with Crippen LogP contribution in [0.2, 0.25) is 0 Å². The van der Waals surface area contributed by atoms with E-state index in [2.05, 4.69) is 97.1 Å². The Kier molecular flexibility index (Phi) is 6.05. The predicted octanol–water partition coefficient (Wildman–Crippen LogP) is 12.7. The molecule has 0 bridgehead atoms. The van der Waals surface area contributed by atoms with Crippen LogP contribution in [0.15, 0.2) is 160 Å². The van der Waals surface area contributed by atoms with Gasteiger partial charge in [0.1, 0.15) is 22.3 Å². The summed E-state index contributed by atoms with van der Waals surface area (Å²) in [4.78, 5) is 15.4. The lowest BCUT2D eigenvalue weighted by atomic mass is 10.0. The molecular formula is C45H25N3O2S. The number of para-hydroxylation sites is 3. The highest BCUT2D eigenvalue weighted by Gasteiger charge is 2.21. The Labute approximate surface area is 295 Å². The van der Waals surface area contributed by atoms with Gasteiger partial charge < -0.3 is 8.83 Å². The zero-order chi connectivity index (χ0) is 33.5. The molecule has 7 aromatic carbocycles. The van der Waals surface area contributed by atoms with Crippen LogP contribution in [0.25, 0.3) is 109 Å². The van der Waals surface area contributed by atoms with Crippen LogP contribution in [0.5, 0.6) is 0 Å². The van der Waals surface area contributed by atoms with E-state index in [-0.39, 0.29) is 0 Å². The Bertz CT molecular complexity index is 3160. The molecule has 11 rings (SSSR count). The van der Waals surface area contributed by atoms with Gasteiger partial charge in [0, 0.05) is 58.4 Å². The van der Waals surface area contributed by atoms with Crippen molar-refractivity contribution in [1.29, 1.82) is 0 Å². The summed E-state index contributed by atoms with van der Waals surface area (Å²) in [6, 6.07) is 52.0. The van der Waals surface area contributed by atoms with Crippen molar-refractivity contribution < 1.29 is 8.83 Å². The number of hydrogen-bond acceptors (Lipinski definition) is 6. The monoisotopic (exact) mass is 671 g/mol. The molecule has 11 aromatic rings. The van der Waals surface area contributed by atoms with Crippen molar-refractivity contribution in [2.45, 2.75) is 0 Å². The number of benzene rings is 7. The highest BCUT2D eigenvalue weighted by atomic mass is 32.1. The van der Waals surface area contributed by atoms with Crippen molar-refractivity contribution in [3.05, 3.63) is 152 Å². The maximum Gasteiger partial charge on any atom is 0.167 e. The number of aromatic nitrogens is 3. The molecule has 51 heavy (non-hydrogen) atoms. The minimum Gasteiger partial charge on any atom is -0.456 e. The molecule has 0 spiro atoms. The van der Waals surface area contributed by atoms with Gasteiger partial charge in [0.15, 0.2) is 17.5 Å². The molecule has 0 saturated heterocycles. The minimum absolute atomic E-state index is 0.562. The van der Waals surface area contributed by atoms with Gasteiger partial charge in [-0.05, 0) is 42.0 Å². The van der Waals surface area contributed by atoms with E-state index in [1.165, 1.54) is 15.5 Å². The van der Waals surface area contributed by atoms with Gasteiger partial charge in [0.25, 0.3) is 0 Å². The molecule has 0 fully saturated rings. The van der Waals surface area contributed by atoms with Crippen molar-refractivity contribution in [1.82, 2.24) is 15.0 Å². The van der Waals surface area contributed by atoms with E-state index in [4.69, 9.17) is 23.8 Å². The first kappa shape index (κ1) is 28.2. The van der Waals surface area contributed by atoms with Gasteiger partial charge in [-0.2, -0.15) is 0 Å². The molecule has 0 amide bonds. The lowest BCUT2D eigenvalue weighted by Gasteiger charge is -2.09. The van der Waals surface area contributed by atoms with Crippen LogP contribution in [-0.2, 0) is 0 Å². The van der Waals surface area contributed by atoms with E-state index in [1.54, 1.807) is 11.3 Å². The topological polar surface area (TPSA) is 65.0 Å². The van der Waals surface area contributed by atoms with E-state index in [9.17, 15) is 0 Å². The van der Waals surface area contributed by atoms with E-state index in [0.717, 1.165) is 76.4 Å². The number of furan rings is 2. The highest BCUT2D eigenvalue weighted by molar-refractivity contribution is 7.26. The maximum atomic E-state index is 6.87. The number of hydrogen-bond donors (Lipinski definition) is 0. The Morgan fingerprint density at radius 3 is 1.82 bits per heavy atom. The van der Waals surface area contributed by atoms with Crippen molar-refractivity contribution in [3.8, 4) is 45.3 Å². The Morgan fingerprint density at radius 1 is 0.373 bits per heavy atom. The molecule has 238 valence electrons.